The molecule has 2 aromatic carbocycles. The molecule has 1 N–H and O–H groups in total. The molecule has 1 heterocycles. The van der Waals surface area contributed by atoms with Crippen LogP contribution in [0.5, 0.6) is 5.75 Å². The minimum atomic E-state index is -4.60. The van der Waals surface area contributed by atoms with Gasteiger partial charge in [0.1, 0.15) is 5.75 Å². The molecule has 1 aliphatic heterocycles. The first-order chi connectivity index (χ1) is 13.6. The Morgan fingerprint density at radius 2 is 1.86 bits per heavy atom. The molecular weight excluding hydrogens is 381 g/mol. The second-order valence-corrected chi connectivity index (χ2v) is 7.52. The van der Waals surface area contributed by atoms with Crippen molar-refractivity contribution in [2.75, 3.05) is 27.2 Å². The van der Waals surface area contributed by atoms with Crippen molar-refractivity contribution in [3.8, 4) is 5.75 Å². The highest BCUT2D eigenvalue weighted by Gasteiger charge is 2.37. The van der Waals surface area contributed by atoms with Gasteiger partial charge in [0.15, 0.2) is 0 Å². The van der Waals surface area contributed by atoms with E-state index in [1.54, 1.807) is 11.9 Å². The summed E-state index contributed by atoms with van der Waals surface area (Å²) < 4.78 is 44.8. The Morgan fingerprint density at radius 3 is 2.48 bits per heavy atom. The fourth-order valence-electron chi connectivity index (χ4n) is 4.05. The molecular formula is C22H25F3N2O2. The summed E-state index contributed by atoms with van der Waals surface area (Å²) >= 11 is 0. The summed E-state index contributed by atoms with van der Waals surface area (Å²) in [5.41, 5.74) is 2.50. The molecule has 1 fully saturated rings. The number of halogens is 3. The number of nitrogens with one attached hydrogen (secondary N) is 1. The van der Waals surface area contributed by atoms with Crippen molar-refractivity contribution in [3.63, 3.8) is 0 Å². The topological polar surface area (TPSA) is 41.6 Å². The average Bonchev–Trinajstić information content (AvgIpc) is 3.15. The molecule has 1 saturated heterocycles. The summed E-state index contributed by atoms with van der Waals surface area (Å²) in [6.07, 6.45) is -4.60. The van der Waals surface area contributed by atoms with Crippen LogP contribution in [-0.4, -0.2) is 44.1 Å². The number of carbonyl (C=O) groups is 1. The third kappa shape index (κ3) is 4.24. The summed E-state index contributed by atoms with van der Waals surface area (Å²) in [7, 11) is 2.82. The highest BCUT2D eigenvalue weighted by atomic mass is 19.4. The van der Waals surface area contributed by atoms with Gasteiger partial charge in [-0.2, -0.15) is 13.2 Å². The van der Waals surface area contributed by atoms with Crippen LogP contribution in [0.4, 0.5) is 13.2 Å². The molecule has 156 valence electrons. The molecule has 0 unspecified atom stereocenters. The van der Waals surface area contributed by atoms with Crippen molar-refractivity contribution in [2.45, 2.75) is 32.0 Å². The summed E-state index contributed by atoms with van der Waals surface area (Å²) in [4.78, 5) is 14.6. The van der Waals surface area contributed by atoms with Crippen LogP contribution >= 0.6 is 0 Å². The number of likely N-dealkylation sites (N-methyl/N-ethyl adjacent to an activating group) is 1. The van der Waals surface area contributed by atoms with E-state index < -0.39 is 17.6 Å². The standard InChI is InChI=1S/C22H25F3N2O2/c1-13-5-7-16(14(2)9-13)17-11-26-12-19(17)27(3)21(28)15-6-8-20(29-4)18(10-15)22(23,24)25/h5-10,17,19,26H,11-12H2,1-4H3/t17-,19+/m1/s1. The molecule has 1 amide bonds. The highest BCUT2D eigenvalue weighted by molar-refractivity contribution is 5.94. The van der Waals surface area contributed by atoms with E-state index >= 15 is 0 Å². The zero-order valence-electron chi connectivity index (χ0n) is 16.9. The fourth-order valence-corrected chi connectivity index (χ4v) is 4.05. The van der Waals surface area contributed by atoms with Crippen LogP contribution in [-0.2, 0) is 6.18 Å². The predicted octanol–water partition coefficient (Wildman–Crippen LogP) is 4.16. The van der Waals surface area contributed by atoms with Crippen LogP contribution in [0.1, 0.15) is 38.5 Å². The summed E-state index contributed by atoms with van der Waals surface area (Å²) in [6.45, 7) is 5.36. The minimum absolute atomic E-state index is 0.00750. The Labute approximate surface area is 168 Å². The Morgan fingerprint density at radius 1 is 1.14 bits per heavy atom. The van der Waals surface area contributed by atoms with Crippen molar-refractivity contribution in [2.24, 2.45) is 0 Å². The first-order valence-electron chi connectivity index (χ1n) is 9.43. The Bertz CT molecular complexity index is 911. The van der Waals surface area contributed by atoms with Crippen LogP contribution in [0.15, 0.2) is 36.4 Å². The first-order valence-corrected chi connectivity index (χ1v) is 9.43. The van der Waals surface area contributed by atoms with Crippen LogP contribution in [0.2, 0.25) is 0 Å². The van der Waals surface area contributed by atoms with E-state index in [9.17, 15) is 18.0 Å². The molecule has 29 heavy (non-hydrogen) atoms. The van der Waals surface area contributed by atoms with Gasteiger partial charge in [0.05, 0.1) is 18.7 Å². The maximum Gasteiger partial charge on any atom is 0.419 e. The highest BCUT2D eigenvalue weighted by Crippen LogP contribution is 2.37. The molecule has 1 aliphatic rings. The Hall–Kier alpha value is -2.54. The first kappa shape index (κ1) is 21.2. The molecule has 2 atom stereocenters. The number of nitrogens with zero attached hydrogens (tertiary/aromatic N) is 1. The van der Waals surface area contributed by atoms with Crippen LogP contribution < -0.4 is 10.1 Å². The zero-order valence-corrected chi connectivity index (χ0v) is 16.9. The molecule has 0 spiro atoms. The number of carbonyl (C=O) groups excluding carboxylic acids is 1. The number of benzene rings is 2. The van der Waals surface area contributed by atoms with Crippen molar-refractivity contribution < 1.29 is 22.7 Å². The number of ether oxygens (including phenoxy) is 1. The van der Waals surface area contributed by atoms with E-state index in [-0.39, 0.29) is 23.3 Å². The lowest BCUT2D eigenvalue weighted by molar-refractivity contribution is -0.138. The van der Waals surface area contributed by atoms with Crippen LogP contribution in [0.3, 0.4) is 0 Å². The van der Waals surface area contributed by atoms with E-state index in [0.717, 1.165) is 22.8 Å². The van der Waals surface area contributed by atoms with Gasteiger partial charge in [-0.05, 0) is 43.2 Å². The maximum atomic E-state index is 13.3. The number of hydrogen-bond donors (Lipinski definition) is 1. The van der Waals surface area contributed by atoms with E-state index in [1.165, 1.54) is 19.2 Å². The molecule has 3 rings (SSSR count). The van der Waals surface area contributed by atoms with Crippen molar-refractivity contribution in [3.05, 3.63) is 64.2 Å². The molecule has 0 saturated carbocycles. The van der Waals surface area contributed by atoms with Gasteiger partial charge in [0.25, 0.3) is 5.91 Å². The molecule has 4 nitrogen and oxygen atoms in total. The molecule has 2 aromatic rings. The molecule has 7 heteroatoms. The third-order valence-corrected chi connectivity index (χ3v) is 5.58. The van der Waals surface area contributed by atoms with E-state index in [2.05, 4.69) is 17.4 Å². The predicted molar refractivity (Wildman–Crippen MR) is 105 cm³/mol. The van der Waals surface area contributed by atoms with Gasteiger partial charge in [-0.15, -0.1) is 0 Å². The van der Waals surface area contributed by atoms with Gasteiger partial charge in [0.2, 0.25) is 0 Å². The monoisotopic (exact) mass is 406 g/mol. The zero-order chi connectivity index (χ0) is 21.3. The quantitative estimate of drug-likeness (QED) is 0.829. The van der Waals surface area contributed by atoms with Crippen molar-refractivity contribution >= 4 is 5.91 Å². The van der Waals surface area contributed by atoms with E-state index in [1.807, 2.05) is 19.9 Å². The number of aryl methyl sites for hydroxylation is 2. The molecule has 0 aromatic heterocycles. The second kappa shape index (κ2) is 8.06. The molecule has 0 bridgehead atoms. The van der Waals surface area contributed by atoms with Gasteiger partial charge in [-0.1, -0.05) is 23.8 Å². The fraction of sp³-hybridized carbons (Fsp3) is 0.409. The third-order valence-electron chi connectivity index (χ3n) is 5.58. The average molecular weight is 406 g/mol. The minimum Gasteiger partial charge on any atom is -0.496 e. The summed E-state index contributed by atoms with van der Waals surface area (Å²) in [6, 6.07) is 9.50. The number of hydrogen-bond acceptors (Lipinski definition) is 3. The lowest BCUT2D eigenvalue weighted by Crippen LogP contribution is -2.41. The summed E-state index contributed by atoms with van der Waals surface area (Å²) in [5, 5.41) is 3.31. The number of alkyl halides is 3. The lowest BCUT2D eigenvalue weighted by Gasteiger charge is -2.30. The van der Waals surface area contributed by atoms with Gasteiger partial charge >= 0.3 is 6.18 Å². The van der Waals surface area contributed by atoms with Gasteiger partial charge in [0, 0.05) is 31.6 Å². The van der Waals surface area contributed by atoms with Crippen LogP contribution in [0, 0.1) is 13.8 Å². The molecule has 0 radical (unpaired) electrons. The van der Waals surface area contributed by atoms with Gasteiger partial charge < -0.3 is 15.0 Å². The Kier molecular flexibility index (Phi) is 5.89. The number of rotatable bonds is 4. The van der Waals surface area contributed by atoms with Crippen molar-refractivity contribution in [1.82, 2.24) is 10.2 Å². The maximum absolute atomic E-state index is 13.3. The normalized spacial score (nSPS) is 19.3. The largest absolute Gasteiger partial charge is 0.496 e. The van der Waals surface area contributed by atoms with Crippen LogP contribution in [0.25, 0.3) is 0 Å². The smallest absolute Gasteiger partial charge is 0.419 e. The molecule has 0 aliphatic carbocycles. The SMILES string of the molecule is COc1ccc(C(=O)N(C)[C@H]2CNC[C@@H]2c2ccc(C)cc2C)cc1C(F)(F)F. The summed E-state index contributed by atoms with van der Waals surface area (Å²) in [5.74, 6) is -0.668. The van der Waals surface area contributed by atoms with Gasteiger partial charge in [-0.25, -0.2) is 0 Å². The van der Waals surface area contributed by atoms with Crippen molar-refractivity contribution in [1.29, 1.82) is 0 Å². The number of methoxy groups -OCH3 is 1. The lowest BCUT2D eigenvalue weighted by atomic mass is 9.89. The van der Waals surface area contributed by atoms with E-state index in [0.29, 0.717) is 13.1 Å². The van der Waals surface area contributed by atoms with E-state index in [4.69, 9.17) is 4.74 Å². The van der Waals surface area contributed by atoms with Gasteiger partial charge in [-0.3, -0.25) is 4.79 Å². The Balaban J connectivity index is 1.89. The second-order valence-electron chi connectivity index (χ2n) is 7.52. The number of amides is 1.